The molecular formula is C17H23N2O4+. The summed E-state index contributed by atoms with van der Waals surface area (Å²) in [5.41, 5.74) is 1.18. The third-order valence-corrected chi connectivity index (χ3v) is 4.86. The number of nitrogens with one attached hydrogen (secondary N) is 2. The molecule has 3 aliphatic rings. The molecule has 0 aromatic heterocycles. The minimum atomic E-state index is 0.198. The summed E-state index contributed by atoms with van der Waals surface area (Å²) < 4.78 is 16.4. The zero-order valence-electron chi connectivity index (χ0n) is 13.2. The first-order chi connectivity index (χ1) is 11.3. The highest BCUT2D eigenvalue weighted by Gasteiger charge is 2.32. The second-order valence-corrected chi connectivity index (χ2v) is 6.46. The van der Waals surface area contributed by atoms with E-state index in [0.717, 1.165) is 50.6 Å². The zero-order chi connectivity index (χ0) is 15.6. The van der Waals surface area contributed by atoms with Crippen molar-refractivity contribution >= 4 is 5.91 Å². The third-order valence-electron chi connectivity index (χ3n) is 4.86. The lowest BCUT2D eigenvalue weighted by atomic mass is 10.0. The highest BCUT2D eigenvalue weighted by Crippen LogP contribution is 2.34. The first-order valence-corrected chi connectivity index (χ1v) is 8.41. The van der Waals surface area contributed by atoms with Gasteiger partial charge >= 0.3 is 0 Å². The Balaban J connectivity index is 1.51. The van der Waals surface area contributed by atoms with E-state index < -0.39 is 0 Å². The highest BCUT2D eigenvalue weighted by atomic mass is 16.7. The number of benzene rings is 1. The molecular weight excluding hydrogens is 296 g/mol. The van der Waals surface area contributed by atoms with Crippen molar-refractivity contribution in [2.24, 2.45) is 5.92 Å². The molecule has 2 N–H and O–H groups in total. The lowest BCUT2D eigenvalue weighted by molar-refractivity contribution is -0.937. The topological polar surface area (TPSA) is 61.2 Å². The summed E-state index contributed by atoms with van der Waals surface area (Å²) in [6, 6.07) is 6.33. The van der Waals surface area contributed by atoms with Crippen LogP contribution in [0.3, 0.4) is 0 Å². The number of carbonyl (C=O) groups is 1. The van der Waals surface area contributed by atoms with Crippen molar-refractivity contribution in [3.8, 4) is 11.5 Å². The first kappa shape index (κ1) is 14.8. The molecule has 0 spiro atoms. The molecule has 6 nitrogen and oxygen atoms in total. The van der Waals surface area contributed by atoms with E-state index in [9.17, 15) is 4.79 Å². The van der Waals surface area contributed by atoms with Crippen molar-refractivity contribution in [2.45, 2.75) is 18.9 Å². The van der Waals surface area contributed by atoms with Crippen LogP contribution in [0, 0.1) is 5.92 Å². The van der Waals surface area contributed by atoms with Gasteiger partial charge in [0.1, 0.15) is 19.1 Å². The van der Waals surface area contributed by atoms with Gasteiger partial charge in [0.15, 0.2) is 11.5 Å². The molecule has 1 aromatic carbocycles. The van der Waals surface area contributed by atoms with E-state index in [0.29, 0.717) is 6.54 Å². The second kappa shape index (κ2) is 6.37. The summed E-state index contributed by atoms with van der Waals surface area (Å²) in [7, 11) is 0. The predicted molar refractivity (Wildman–Crippen MR) is 82.6 cm³/mol. The molecule has 0 unspecified atom stereocenters. The maximum absolute atomic E-state index is 12.0. The number of ether oxygens (including phenoxy) is 3. The number of hydrogen-bond donors (Lipinski definition) is 2. The molecule has 1 saturated carbocycles. The summed E-state index contributed by atoms with van der Waals surface area (Å²) in [5.74, 6) is 2.04. The minimum absolute atomic E-state index is 0.198. The van der Waals surface area contributed by atoms with Crippen LogP contribution in [-0.4, -0.2) is 45.5 Å². The van der Waals surface area contributed by atoms with Gasteiger partial charge in [-0.25, -0.2) is 0 Å². The molecule has 124 valence electrons. The molecule has 2 aliphatic heterocycles. The number of carbonyl (C=O) groups excluding carboxylic acids is 1. The quantitative estimate of drug-likeness (QED) is 0.796. The maximum Gasteiger partial charge on any atom is 0.231 e. The second-order valence-electron chi connectivity index (χ2n) is 6.46. The van der Waals surface area contributed by atoms with Gasteiger partial charge in [-0.05, 0) is 31.0 Å². The Morgan fingerprint density at radius 2 is 2.00 bits per heavy atom. The monoisotopic (exact) mass is 319 g/mol. The molecule has 1 aromatic rings. The fourth-order valence-corrected chi connectivity index (χ4v) is 3.30. The van der Waals surface area contributed by atoms with Crippen molar-refractivity contribution < 1.29 is 23.9 Å². The molecule has 1 atom stereocenters. The van der Waals surface area contributed by atoms with Crippen LogP contribution in [0.15, 0.2) is 18.2 Å². The smallest absolute Gasteiger partial charge is 0.231 e. The summed E-state index contributed by atoms with van der Waals surface area (Å²) in [6.45, 7) is 4.40. The van der Waals surface area contributed by atoms with Crippen molar-refractivity contribution in [3.63, 3.8) is 0 Å². The van der Waals surface area contributed by atoms with Gasteiger partial charge in [0, 0.05) is 11.5 Å². The molecule has 23 heavy (non-hydrogen) atoms. The Morgan fingerprint density at radius 1 is 1.22 bits per heavy atom. The molecule has 1 amide bonds. The lowest BCUT2D eigenvalue weighted by Crippen LogP contribution is -3.15. The van der Waals surface area contributed by atoms with Crippen LogP contribution >= 0.6 is 0 Å². The van der Waals surface area contributed by atoms with Crippen LogP contribution in [0.4, 0.5) is 0 Å². The number of rotatable bonds is 5. The average Bonchev–Trinajstić information content (AvgIpc) is 3.34. The Kier molecular flexibility index (Phi) is 4.10. The largest absolute Gasteiger partial charge is 0.454 e. The predicted octanol–water partition coefficient (Wildman–Crippen LogP) is -0.102. The van der Waals surface area contributed by atoms with E-state index in [1.807, 2.05) is 6.07 Å². The van der Waals surface area contributed by atoms with Crippen LogP contribution in [-0.2, 0) is 9.53 Å². The van der Waals surface area contributed by atoms with Gasteiger partial charge in [0.25, 0.3) is 0 Å². The summed E-state index contributed by atoms with van der Waals surface area (Å²) in [4.78, 5) is 13.5. The van der Waals surface area contributed by atoms with Crippen molar-refractivity contribution in [2.75, 3.05) is 39.6 Å². The normalized spacial score (nSPS) is 21.9. The van der Waals surface area contributed by atoms with E-state index in [1.54, 1.807) is 0 Å². The van der Waals surface area contributed by atoms with Gasteiger partial charge in [0.05, 0.1) is 19.8 Å². The number of hydrogen-bond acceptors (Lipinski definition) is 4. The number of fused-ring (bicyclic) bond motifs is 1. The van der Waals surface area contributed by atoms with Gasteiger partial charge in [-0.15, -0.1) is 0 Å². The molecule has 2 heterocycles. The van der Waals surface area contributed by atoms with Gasteiger partial charge in [-0.2, -0.15) is 0 Å². The van der Waals surface area contributed by atoms with Crippen LogP contribution in [0.5, 0.6) is 11.5 Å². The van der Waals surface area contributed by atoms with E-state index >= 15 is 0 Å². The number of quaternary nitrogens is 1. The molecule has 0 radical (unpaired) electrons. The van der Waals surface area contributed by atoms with Gasteiger partial charge in [-0.1, -0.05) is 0 Å². The van der Waals surface area contributed by atoms with E-state index in [2.05, 4.69) is 17.4 Å². The lowest BCUT2D eigenvalue weighted by Gasteiger charge is -2.32. The molecule has 0 bridgehead atoms. The standard InChI is InChI=1S/C17H22N2O4/c20-17(12-1-2-12)18-10-14(19-5-7-21-8-6-19)13-3-4-15-16(9-13)23-11-22-15/h3-4,9,12,14H,1-2,5-8,10-11H2,(H,18,20)/p+1/t14-/m1/s1. The fraction of sp³-hybridized carbons (Fsp3) is 0.588. The van der Waals surface area contributed by atoms with Gasteiger partial charge in [-0.3, -0.25) is 4.79 Å². The Morgan fingerprint density at radius 3 is 2.78 bits per heavy atom. The molecule has 2 fully saturated rings. The Hall–Kier alpha value is -1.79. The first-order valence-electron chi connectivity index (χ1n) is 8.41. The van der Waals surface area contributed by atoms with E-state index in [4.69, 9.17) is 14.2 Å². The van der Waals surface area contributed by atoms with Crippen LogP contribution in [0.1, 0.15) is 24.4 Å². The van der Waals surface area contributed by atoms with Crippen molar-refractivity contribution in [3.05, 3.63) is 23.8 Å². The van der Waals surface area contributed by atoms with Crippen LogP contribution in [0.25, 0.3) is 0 Å². The van der Waals surface area contributed by atoms with E-state index in [1.165, 1.54) is 10.5 Å². The van der Waals surface area contributed by atoms with Gasteiger partial charge < -0.3 is 24.4 Å². The Bertz CT molecular complexity index is 582. The SMILES string of the molecule is O=C(NC[C@H](c1ccc2c(c1)OCO2)[NH+]1CCOCC1)C1CC1. The van der Waals surface area contributed by atoms with Gasteiger partial charge in [0.2, 0.25) is 12.7 Å². The van der Waals surface area contributed by atoms with E-state index in [-0.39, 0.29) is 24.7 Å². The summed E-state index contributed by atoms with van der Waals surface area (Å²) in [6.07, 6.45) is 2.07. The van der Waals surface area contributed by atoms with Crippen LogP contribution in [0.2, 0.25) is 0 Å². The highest BCUT2D eigenvalue weighted by molar-refractivity contribution is 5.80. The molecule has 4 rings (SSSR count). The molecule has 1 aliphatic carbocycles. The number of amides is 1. The summed E-state index contributed by atoms with van der Waals surface area (Å²) in [5, 5.41) is 3.14. The zero-order valence-corrected chi connectivity index (χ0v) is 13.2. The number of morpholine rings is 1. The fourth-order valence-electron chi connectivity index (χ4n) is 3.30. The van der Waals surface area contributed by atoms with Crippen molar-refractivity contribution in [1.82, 2.24) is 5.32 Å². The average molecular weight is 319 g/mol. The maximum atomic E-state index is 12.0. The molecule has 6 heteroatoms. The van der Waals surface area contributed by atoms with Crippen LogP contribution < -0.4 is 19.7 Å². The minimum Gasteiger partial charge on any atom is -0.454 e. The Labute approximate surface area is 135 Å². The summed E-state index contributed by atoms with van der Waals surface area (Å²) >= 11 is 0. The van der Waals surface area contributed by atoms with Crippen molar-refractivity contribution in [1.29, 1.82) is 0 Å². The third kappa shape index (κ3) is 3.28. The molecule has 1 saturated heterocycles.